The van der Waals surface area contributed by atoms with Crippen LogP contribution in [0.2, 0.25) is 0 Å². The Balaban J connectivity index is 2.53. The SMILES string of the molecule is O=S(=O)(c1c(F)cc(F)cc1Br)N1CCCO1. The lowest BCUT2D eigenvalue weighted by Gasteiger charge is -2.15. The average Bonchev–Trinajstić information content (AvgIpc) is 2.67. The van der Waals surface area contributed by atoms with E-state index in [0.29, 0.717) is 17.0 Å². The minimum Gasteiger partial charge on any atom is -0.284 e. The second-order valence-electron chi connectivity index (χ2n) is 3.42. The zero-order valence-electron chi connectivity index (χ0n) is 8.49. The summed E-state index contributed by atoms with van der Waals surface area (Å²) < 4.78 is 50.9. The molecule has 0 saturated carbocycles. The van der Waals surface area contributed by atoms with Crippen LogP contribution in [0.3, 0.4) is 0 Å². The first-order valence-corrected chi connectivity index (χ1v) is 6.96. The highest BCUT2D eigenvalue weighted by Crippen LogP contribution is 2.30. The van der Waals surface area contributed by atoms with Gasteiger partial charge in [-0.1, -0.05) is 4.47 Å². The highest BCUT2D eigenvalue weighted by atomic mass is 79.9. The summed E-state index contributed by atoms with van der Waals surface area (Å²) in [5, 5.41) is 0. The van der Waals surface area contributed by atoms with Crippen LogP contribution in [0.4, 0.5) is 8.78 Å². The van der Waals surface area contributed by atoms with E-state index in [4.69, 9.17) is 4.84 Å². The minimum absolute atomic E-state index is 0.158. The van der Waals surface area contributed by atoms with Crippen molar-refractivity contribution in [2.24, 2.45) is 0 Å². The van der Waals surface area contributed by atoms with E-state index < -0.39 is 26.6 Å². The highest BCUT2D eigenvalue weighted by molar-refractivity contribution is 9.10. The molecule has 1 aliphatic rings. The molecule has 1 aromatic carbocycles. The molecule has 0 aromatic heterocycles. The van der Waals surface area contributed by atoms with E-state index in [1.165, 1.54) is 0 Å². The van der Waals surface area contributed by atoms with Crippen LogP contribution in [0.1, 0.15) is 6.42 Å². The molecule has 0 spiro atoms. The first kappa shape index (κ1) is 12.9. The van der Waals surface area contributed by atoms with E-state index >= 15 is 0 Å². The van der Waals surface area contributed by atoms with Gasteiger partial charge in [-0.15, -0.1) is 0 Å². The quantitative estimate of drug-likeness (QED) is 0.835. The number of benzene rings is 1. The van der Waals surface area contributed by atoms with Crippen LogP contribution in [0.5, 0.6) is 0 Å². The van der Waals surface area contributed by atoms with Gasteiger partial charge in [-0.2, -0.15) is 0 Å². The van der Waals surface area contributed by atoms with Crippen molar-refractivity contribution >= 4 is 26.0 Å². The lowest BCUT2D eigenvalue weighted by molar-refractivity contribution is -0.0286. The molecule has 94 valence electrons. The number of rotatable bonds is 2. The molecule has 8 heteroatoms. The van der Waals surface area contributed by atoms with Crippen LogP contribution >= 0.6 is 15.9 Å². The molecule has 4 nitrogen and oxygen atoms in total. The van der Waals surface area contributed by atoms with Gasteiger partial charge in [0, 0.05) is 17.1 Å². The molecule has 17 heavy (non-hydrogen) atoms. The minimum atomic E-state index is -4.09. The molecule has 0 unspecified atom stereocenters. The Morgan fingerprint density at radius 1 is 1.35 bits per heavy atom. The standard InChI is InChI=1S/C9H8BrF2NO3S/c10-7-4-6(11)5-8(12)9(7)17(14,15)13-2-1-3-16-13/h4-5H,1-3H2. The van der Waals surface area contributed by atoms with Crippen molar-refractivity contribution in [3.63, 3.8) is 0 Å². The van der Waals surface area contributed by atoms with Gasteiger partial charge in [0.25, 0.3) is 10.0 Å². The van der Waals surface area contributed by atoms with Crippen LogP contribution in [0, 0.1) is 11.6 Å². The normalized spacial score (nSPS) is 17.6. The van der Waals surface area contributed by atoms with Gasteiger partial charge in [0.15, 0.2) is 0 Å². The lowest BCUT2D eigenvalue weighted by Crippen LogP contribution is -2.28. The van der Waals surface area contributed by atoms with Crippen LogP contribution in [-0.4, -0.2) is 26.0 Å². The van der Waals surface area contributed by atoms with Crippen molar-refractivity contribution in [3.05, 3.63) is 28.2 Å². The van der Waals surface area contributed by atoms with Crippen molar-refractivity contribution in [1.82, 2.24) is 4.47 Å². The molecular weight excluding hydrogens is 320 g/mol. The molecule has 1 aromatic rings. The van der Waals surface area contributed by atoms with Gasteiger partial charge in [-0.25, -0.2) is 17.2 Å². The van der Waals surface area contributed by atoms with Gasteiger partial charge in [-0.3, -0.25) is 4.84 Å². The second-order valence-corrected chi connectivity index (χ2v) is 6.04. The number of hydrogen-bond acceptors (Lipinski definition) is 3. The molecule has 0 aliphatic carbocycles. The van der Waals surface area contributed by atoms with Gasteiger partial charge in [0.05, 0.1) is 6.61 Å². The fourth-order valence-corrected chi connectivity index (χ4v) is 3.91. The van der Waals surface area contributed by atoms with E-state index in [0.717, 1.165) is 6.07 Å². The number of nitrogens with zero attached hydrogens (tertiary/aromatic N) is 1. The average molecular weight is 328 g/mol. The van der Waals surface area contributed by atoms with Crippen LogP contribution < -0.4 is 0 Å². The zero-order chi connectivity index (χ0) is 12.6. The van der Waals surface area contributed by atoms with Crippen molar-refractivity contribution in [3.8, 4) is 0 Å². The largest absolute Gasteiger partial charge is 0.284 e. The van der Waals surface area contributed by atoms with Crippen molar-refractivity contribution in [2.75, 3.05) is 13.2 Å². The predicted molar refractivity (Wildman–Crippen MR) is 58.5 cm³/mol. The third-order valence-corrected chi connectivity index (χ3v) is 4.85. The maximum Gasteiger partial charge on any atom is 0.269 e. The first-order valence-electron chi connectivity index (χ1n) is 4.73. The molecule has 0 bridgehead atoms. The Kier molecular flexibility index (Phi) is 3.48. The predicted octanol–water partition coefficient (Wildman–Crippen LogP) is 2.05. The molecule has 0 radical (unpaired) electrons. The molecule has 2 rings (SSSR count). The molecule has 1 fully saturated rings. The van der Waals surface area contributed by atoms with E-state index in [2.05, 4.69) is 15.9 Å². The number of hydroxylamine groups is 1. The second kappa shape index (κ2) is 4.60. The summed E-state index contributed by atoms with van der Waals surface area (Å²) in [6.07, 6.45) is 0.541. The van der Waals surface area contributed by atoms with Gasteiger partial charge < -0.3 is 0 Å². The Labute approximate surface area is 105 Å². The van der Waals surface area contributed by atoms with Gasteiger partial charge in [-0.05, 0) is 28.4 Å². The van der Waals surface area contributed by atoms with E-state index in [9.17, 15) is 17.2 Å². The molecular formula is C9H8BrF2NO3S. The number of halogens is 3. The van der Waals surface area contributed by atoms with Gasteiger partial charge in [0.2, 0.25) is 0 Å². The smallest absolute Gasteiger partial charge is 0.269 e. The third kappa shape index (κ3) is 2.35. The fourth-order valence-electron chi connectivity index (χ4n) is 1.49. The first-order chi connectivity index (χ1) is 7.93. The summed E-state index contributed by atoms with van der Waals surface area (Å²) in [6, 6.07) is 1.42. The maximum absolute atomic E-state index is 13.5. The van der Waals surface area contributed by atoms with E-state index in [1.807, 2.05) is 0 Å². The van der Waals surface area contributed by atoms with E-state index in [-0.39, 0.29) is 17.6 Å². The highest BCUT2D eigenvalue weighted by Gasteiger charge is 2.33. The third-order valence-electron chi connectivity index (χ3n) is 2.21. The lowest BCUT2D eigenvalue weighted by atomic mass is 10.3. The van der Waals surface area contributed by atoms with E-state index in [1.54, 1.807) is 0 Å². The van der Waals surface area contributed by atoms with Crippen LogP contribution in [0.25, 0.3) is 0 Å². The topological polar surface area (TPSA) is 46.6 Å². The summed E-state index contributed by atoms with van der Waals surface area (Å²) in [7, 11) is -4.09. The summed E-state index contributed by atoms with van der Waals surface area (Å²) in [5.41, 5.74) is 0. The Bertz CT molecular complexity index is 520. The molecule has 1 saturated heterocycles. The Hall–Kier alpha value is -0.570. The summed E-state index contributed by atoms with van der Waals surface area (Å²) in [5.74, 6) is -2.00. The van der Waals surface area contributed by atoms with Crippen LogP contribution in [0.15, 0.2) is 21.5 Å². The molecule has 1 heterocycles. The molecule has 0 amide bonds. The molecule has 0 N–H and O–H groups in total. The molecule has 0 atom stereocenters. The number of sulfonamides is 1. The fraction of sp³-hybridized carbons (Fsp3) is 0.333. The summed E-state index contributed by atoms with van der Waals surface area (Å²) in [6.45, 7) is 0.422. The van der Waals surface area contributed by atoms with Crippen molar-refractivity contribution in [2.45, 2.75) is 11.3 Å². The Morgan fingerprint density at radius 2 is 2.06 bits per heavy atom. The zero-order valence-corrected chi connectivity index (χ0v) is 10.9. The number of hydrogen-bond donors (Lipinski definition) is 0. The summed E-state index contributed by atoms with van der Waals surface area (Å²) >= 11 is 2.84. The van der Waals surface area contributed by atoms with Gasteiger partial charge in [0.1, 0.15) is 16.5 Å². The summed E-state index contributed by atoms with van der Waals surface area (Å²) in [4.78, 5) is 4.27. The van der Waals surface area contributed by atoms with Crippen molar-refractivity contribution in [1.29, 1.82) is 0 Å². The van der Waals surface area contributed by atoms with Crippen LogP contribution in [-0.2, 0) is 14.9 Å². The van der Waals surface area contributed by atoms with Crippen molar-refractivity contribution < 1.29 is 22.0 Å². The van der Waals surface area contributed by atoms with Gasteiger partial charge >= 0.3 is 0 Å². The monoisotopic (exact) mass is 327 g/mol. The Morgan fingerprint density at radius 3 is 2.59 bits per heavy atom. The maximum atomic E-state index is 13.5. The molecule has 1 aliphatic heterocycles.